The van der Waals surface area contributed by atoms with Crippen LogP contribution in [0.2, 0.25) is 0 Å². The minimum Gasteiger partial charge on any atom is -0.316 e. The van der Waals surface area contributed by atoms with Gasteiger partial charge >= 0.3 is 0 Å². The van der Waals surface area contributed by atoms with Crippen molar-refractivity contribution in [3.05, 3.63) is 0 Å². The number of nitrogens with one attached hydrogen (secondary N) is 1. The summed E-state index contributed by atoms with van der Waals surface area (Å²) >= 11 is 0. The van der Waals surface area contributed by atoms with E-state index in [-0.39, 0.29) is 5.91 Å². The summed E-state index contributed by atoms with van der Waals surface area (Å²) in [5.41, 5.74) is 0. The summed E-state index contributed by atoms with van der Waals surface area (Å²) in [6.07, 6.45) is 3.77. The van der Waals surface area contributed by atoms with Crippen molar-refractivity contribution in [2.75, 3.05) is 32.7 Å². The maximum absolute atomic E-state index is 12.2. The summed E-state index contributed by atoms with van der Waals surface area (Å²) in [4.78, 5) is 12.2. The summed E-state index contributed by atoms with van der Waals surface area (Å²) < 4.78 is 0. The fraction of sp³-hybridized carbons (Fsp3) is 0.929. The van der Waals surface area contributed by atoms with Crippen LogP contribution in [0.1, 0.15) is 53.4 Å². The maximum Gasteiger partial charge on any atom is 0.238 e. The van der Waals surface area contributed by atoms with Crippen LogP contribution in [0.25, 0.3) is 0 Å². The standard InChI is InChI=1S/C14H31N3O/c1-5-11-16(12-6-2)17(13-7-3)14(18)9-10-15-8-4/h15H,5-13H2,1-4H3. The lowest BCUT2D eigenvalue weighted by atomic mass is 10.3. The van der Waals surface area contributed by atoms with Crippen molar-refractivity contribution in [2.24, 2.45) is 0 Å². The Kier molecular flexibility index (Phi) is 11.1. The molecule has 0 aliphatic rings. The number of carbonyl (C=O) groups is 1. The number of hydrazine groups is 1. The lowest BCUT2D eigenvalue weighted by Crippen LogP contribution is -2.48. The van der Waals surface area contributed by atoms with E-state index in [1.54, 1.807) is 0 Å². The van der Waals surface area contributed by atoms with E-state index in [2.05, 4.69) is 38.0 Å². The largest absolute Gasteiger partial charge is 0.316 e. The van der Waals surface area contributed by atoms with E-state index in [1.807, 2.05) is 5.01 Å². The molecule has 0 aromatic heterocycles. The minimum absolute atomic E-state index is 0.250. The first-order chi connectivity index (χ1) is 8.71. The zero-order valence-electron chi connectivity index (χ0n) is 12.7. The second kappa shape index (κ2) is 11.5. The van der Waals surface area contributed by atoms with Gasteiger partial charge in [-0.05, 0) is 25.8 Å². The summed E-state index contributed by atoms with van der Waals surface area (Å²) in [5.74, 6) is 0.250. The third-order valence-corrected chi connectivity index (χ3v) is 2.79. The SMILES string of the molecule is CCCN(CCC)N(CCC)C(=O)CCNCC. The Hall–Kier alpha value is -0.610. The number of carbonyl (C=O) groups excluding carboxylic acids is 1. The van der Waals surface area contributed by atoms with Crippen LogP contribution in [0.3, 0.4) is 0 Å². The Morgan fingerprint density at radius 2 is 1.50 bits per heavy atom. The molecule has 0 aliphatic heterocycles. The Labute approximate surface area is 113 Å². The highest BCUT2D eigenvalue weighted by atomic mass is 16.2. The van der Waals surface area contributed by atoms with E-state index in [0.717, 1.165) is 52.0 Å². The topological polar surface area (TPSA) is 35.6 Å². The lowest BCUT2D eigenvalue weighted by Gasteiger charge is -2.34. The highest BCUT2D eigenvalue weighted by molar-refractivity contribution is 5.75. The summed E-state index contributed by atoms with van der Waals surface area (Å²) in [7, 11) is 0. The van der Waals surface area contributed by atoms with Crippen molar-refractivity contribution in [2.45, 2.75) is 53.4 Å². The van der Waals surface area contributed by atoms with Gasteiger partial charge in [0.25, 0.3) is 0 Å². The molecule has 0 aromatic rings. The van der Waals surface area contributed by atoms with Crippen molar-refractivity contribution in [1.29, 1.82) is 0 Å². The van der Waals surface area contributed by atoms with E-state index in [1.165, 1.54) is 0 Å². The molecule has 0 aliphatic carbocycles. The van der Waals surface area contributed by atoms with Gasteiger partial charge in [-0.1, -0.05) is 27.7 Å². The van der Waals surface area contributed by atoms with Crippen molar-refractivity contribution < 1.29 is 4.79 Å². The first kappa shape index (κ1) is 17.4. The predicted molar refractivity (Wildman–Crippen MR) is 77.3 cm³/mol. The molecule has 0 aromatic carbocycles. The number of nitrogens with zero attached hydrogens (tertiary/aromatic N) is 2. The van der Waals surface area contributed by atoms with E-state index < -0.39 is 0 Å². The van der Waals surface area contributed by atoms with Gasteiger partial charge in [-0.3, -0.25) is 9.80 Å². The maximum atomic E-state index is 12.2. The molecule has 18 heavy (non-hydrogen) atoms. The highest BCUT2D eigenvalue weighted by Crippen LogP contribution is 2.05. The van der Waals surface area contributed by atoms with Crippen LogP contribution >= 0.6 is 0 Å². The molecule has 0 saturated heterocycles. The molecule has 0 saturated carbocycles. The average molecular weight is 257 g/mol. The molecule has 0 rings (SSSR count). The smallest absolute Gasteiger partial charge is 0.238 e. The van der Waals surface area contributed by atoms with Gasteiger partial charge in [-0.2, -0.15) is 0 Å². The van der Waals surface area contributed by atoms with Crippen molar-refractivity contribution in [3.63, 3.8) is 0 Å². The zero-order valence-corrected chi connectivity index (χ0v) is 12.7. The fourth-order valence-corrected chi connectivity index (χ4v) is 2.01. The molecular weight excluding hydrogens is 226 g/mol. The van der Waals surface area contributed by atoms with Crippen molar-refractivity contribution >= 4 is 5.91 Å². The van der Waals surface area contributed by atoms with Crippen LogP contribution in [0, 0.1) is 0 Å². The molecule has 0 fully saturated rings. The molecule has 108 valence electrons. The number of hydrogen-bond donors (Lipinski definition) is 1. The van der Waals surface area contributed by atoms with Crippen LogP contribution in [-0.2, 0) is 4.79 Å². The predicted octanol–water partition coefficient (Wildman–Crippen LogP) is 2.26. The van der Waals surface area contributed by atoms with Crippen LogP contribution in [-0.4, -0.2) is 48.6 Å². The summed E-state index contributed by atoms with van der Waals surface area (Å²) in [6.45, 7) is 13.0. The Bertz CT molecular complexity index is 203. The van der Waals surface area contributed by atoms with Crippen molar-refractivity contribution in [3.8, 4) is 0 Å². The molecule has 0 bridgehead atoms. The van der Waals surface area contributed by atoms with Gasteiger partial charge in [-0.25, -0.2) is 5.01 Å². The van der Waals surface area contributed by atoms with E-state index in [9.17, 15) is 4.79 Å². The fourth-order valence-electron chi connectivity index (χ4n) is 2.01. The van der Waals surface area contributed by atoms with Crippen LogP contribution in [0.15, 0.2) is 0 Å². The number of amides is 1. The molecule has 1 N–H and O–H groups in total. The van der Waals surface area contributed by atoms with Gasteiger partial charge in [-0.15, -0.1) is 0 Å². The van der Waals surface area contributed by atoms with Gasteiger partial charge in [0.15, 0.2) is 0 Å². The van der Waals surface area contributed by atoms with Crippen molar-refractivity contribution in [1.82, 2.24) is 15.3 Å². The van der Waals surface area contributed by atoms with Gasteiger partial charge in [0.05, 0.1) is 0 Å². The molecule has 0 spiro atoms. The Morgan fingerprint density at radius 3 is 1.94 bits per heavy atom. The second-order valence-electron chi connectivity index (χ2n) is 4.57. The van der Waals surface area contributed by atoms with Crippen LogP contribution in [0.4, 0.5) is 0 Å². The molecule has 4 heteroatoms. The minimum atomic E-state index is 0.250. The zero-order chi connectivity index (χ0) is 13.8. The number of rotatable bonds is 11. The molecule has 0 atom stereocenters. The molecule has 1 amide bonds. The highest BCUT2D eigenvalue weighted by Gasteiger charge is 2.18. The normalized spacial score (nSPS) is 10.9. The van der Waals surface area contributed by atoms with Gasteiger partial charge in [0.2, 0.25) is 5.91 Å². The summed E-state index contributed by atoms with van der Waals surface area (Å²) in [6, 6.07) is 0. The van der Waals surface area contributed by atoms with Gasteiger partial charge < -0.3 is 5.32 Å². The van der Waals surface area contributed by atoms with Gasteiger partial charge in [0, 0.05) is 32.6 Å². The number of hydrogen-bond acceptors (Lipinski definition) is 3. The molecule has 0 unspecified atom stereocenters. The van der Waals surface area contributed by atoms with Gasteiger partial charge in [0.1, 0.15) is 0 Å². The molecule has 0 heterocycles. The molecule has 0 radical (unpaired) electrons. The monoisotopic (exact) mass is 257 g/mol. The van der Waals surface area contributed by atoms with E-state index >= 15 is 0 Å². The Morgan fingerprint density at radius 1 is 0.944 bits per heavy atom. The second-order valence-corrected chi connectivity index (χ2v) is 4.57. The first-order valence-corrected chi connectivity index (χ1v) is 7.47. The third-order valence-electron chi connectivity index (χ3n) is 2.79. The molecular formula is C14H31N3O. The summed E-state index contributed by atoms with van der Waals surface area (Å²) in [5, 5.41) is 7.40. The molecule has 4 nitrogen and oxygen atoms in total. The van der Waals surface area contributed by atoms with Crippen LogP contribution < -0.4 is 5.32 Å². The lowest BCUT2D eigenvalue weighted by molar-refractivity contribution is -0.149. The average Bonchev–Trinajstić information content (AvgIpc) is 2.36. The Balaban J connectivity index is 4.41. The quantitative estimate of drug-likeness (QED) is 0.455. The first-order valence-electron chi connectivity index (χ1n) is 7.47. The van der Waals surface area contributed by atoms with E-state index in [0.29, 0.717) is 6.42 Å². The van der Waals surface area contributed by atoms with E-state index in [4.69, 9.17) is 0 Å². The third kappa shape index (κ3) is 6.97. The van der Waals surface area contributed by atoms with Crippen LogP contribution in [0.5, 0.6) is 0 Å².